The summed E-state index contributed by atoms with van der Waals surface area (Å²) in [5.74, 6) is -0.667. The van der Waals surface area contributed by atoms with E-state index in [1.807, 2.05) is 67.8 Å². The van der Waals surface area contributed by atoms with Gasteiger partial charge in [-0.3, -0.25) is 19.0 Å². The standard InChI is InChI=1S/C25H24N4O3S/c1-16-4-8-18(9-5-16)20-14-33-24-23(20)25(32)29(15-26-24)13-22(31)28(3)12-21(30)27-19-10-6-17(2)7-11-19/h4-11,14-15H,12-13H2,1-3H3,(H,27,30). The second-order valence-electron chi connectivity index (χ2n) is 8.04. The van der Waals surface area contributed by atoms with E-state index in [0.717, 1.165) is 22.3 Å². The lowest BCUT2D eigenvalue weighted by molar-refractivity contribution is -0.133. The third kappa shape index (κ3) is 5.01. The van der Waals surface area contributed by atoms with Crippen molar-refractivity contribution in [1.82, 2.24) is 14.5 Å². The van der Waals surface area contributed by atoms with Gasteiger partial charge in [-0.2, -0.15) is 0 Å². The summed E-state index contributed by atoms with van der Waals surface area (Å²) in [6, 6.07) is 15.3. The van der Waals surface area contributed by atoms with Crippen molar-refractivity contribution in [3.63, 3.8) is 0 Å². The molecule has 0 aliphatic heterocycles. The van der Waals surface area contributed by atoms with Gasteiger partial charge in [-0.25, -0.2) is 4.98 Å². The van der Waals surface area contributed by atoms with Crippen LogP contribution in [0.3, 0.4) is 0 Å². The first-order valence-corrected chi connectivity index (χ1v) is 11.3. The van der Waals surface area contributed by atoms with Crippen LogP contribution in [0.15, 0.2) is 65.0 Å². The number of aromatic nitrogens is 2. The summed E-state index contributed by atoms with van der Waals surface area (Å²) in [5.41, 5.74) is 4.35. The van der Waals surface area contributed by atoms with Gasteiger partial charge in [0.05, 0.1) is 18.3 Å². The van der Waals surface area contributed by atoms with Gasteiger partial charge in [-0.05, 0) is 31.5 Å². The SMILES string of the molecule is Cc1ccc(NC(=O)CN(C)C(=O)Cn2cnc3scc(-c4ccc(C)cc4)c3c2=O)cc1. The Morgan fingerprint density at radius 2 is 1.67 bits per heavy atom. The molecular weight excluding hydrogens is 436 g/mol. The van der Waals surface area contributed by atoms with Crippen LogP contribution < -0.4 is 10.9 Å². The van der Waals surface area contributed by atoms with Crippen molar-refractivity contribution in [2.45, 2.75) is 20.4 Å². The lowest BCUT2D eigenvalue weighted by atomic mass is 10.1. The Labute approximate surface area is 195 Å². The highest BCUT2D eigenvalue weighted by Crippen LogP contribution is 2.30. The van der Waals surface area contributed by atoms with Crippen LogP contribution in [0, 0.1) is 13.8 Å². The van der Waals surface area contributed by atoms with E-state index < -0.39 is 0 Å². The zero-order valence-corrected chi connectivity index (χ0v) is 19.5. The van der Waals surface area contributed by atoms with Crippen LogP contribution in [0.1, 0.15) is 11.1 Å². The van der Waals surface area contributed by atoms with Gasteiger partial charge < -0.3 is 10.2 Å². The van der Waals surface area contributed by atoms with Crippen molar-refractivity contribution in [2.24, 2.45) is 0 Å². The Bertz CT molecular complexity index is 1370. The minimum atomic E-state index is -0.357. The van der Waals surface area contributed by atoms with Crippen molar-refractivity contribution >= 4 is 39.1 Å². The number of anilines is 1. The van der Waals surface area contributed by atoms with Gasteiger partial charge in [0.25, 0.3) is 5.56 Å². The molecule has 0 bridgehead atoms. The van der Waals surface area contributed by atoms with Crippen LogP contribution in [0.4, 0.5) is 5.69 Å². The highest BCUT2D eigenvalue weighted by atomic mass is 32.1. The number of nitrogens with zero attached hydrogens (tertiary/aromatic N) is 3. The number of aryl methyl sites for hydroxylation is 2. The van der Waals surface area contributed by atoms with Gasteiger partial charge in [0.1, 0.15) is 11.4 Å². The van der Waals surface area contributed by atoms with Crippen molar-refractivity contribution in [3.8, 4) is 11.1 Å². The van der Waals surface area contributed by atoms with Crippen LogP contribution in [0.25, 0.3) is 21.3 Å². The average Bonchev–Trinajstić information content (AvgIpc) is 3.22. The molecule has 2 aromatic carbocycles. The maximum atomic E-state index is 13.2. The van der Waals surface area contributed by atoms with E-state index in [4.69, 9.17) is 0 Å². The number of hydrogen-bond acceptors (Lipinski definition) is 5. The maximum Gasteiger partial charge on any atom is 0.263 e. The molecule has 0 unspecified atom stereocenters. The molecule has 0 atom stereocenters. The lowest BCUT2D eigenvalue weighted by Crippen LogP contribution is -2.38. The summed E-state index contributed by atoms with van der Waals surface area (Å²) < 4.78 is 1.30. The molecule has 0 saturated heterocycles. The number of rotatable bonds is 6. The van der Waals surface area contributed by atoms with Crippen LogP contribution in [0.5, 0.6) is 0 Å². The van der Waals surface area contributed by atoms with E-state index in [9.17, 15) is 14.4 Å². The van der Waals surface area contributed by atoms with Gasteiger partial charge in [-0.15, -0.1) is 11.3 Å². The number of carbonyl (C=O) groups excluding carboxylic acids is 2. The summed E-state index contributed by atoms with van der Waals surface area (Å²) in [4.78, 5) is 44.5. The predicted octanol–water partition coefficient (Wildman–Crippen LogP) is 3.84. The molecule has 0 radical (unpaired) electrons. The Kier molecular flexibility index (Phi) is 6.37. The summed E-state index contributed by atoms with van der Waals surface area (Å²) in [7, 11) is 1.54. The van der Waals surface area contributed by atoms with E-state index in [1.54, 1.807) is 0 Å². The first kappa shape index (κ1) is 22.4. The number of amides is 2. The fourth-order valence-corrected chi connectivity index (χ4v) is 4.34. The largest absolute Gasteiger partial charge is 0.335 e. The molecule has 0 fully saturated rings. The molecule has 2 amide bonds. The van der Waals surface area contributed by atoms with Gasteiger partial charge in [-0.1, -0.05) is 47.5 Å². The quantitative estimate of drug-likeness (QED) is 0.474. The zero-order chi connectivity index (χ0) is 23.5. The molecule has 4 aromatic rings. The van der Waals surface area contributed by atoms with Crippen molar-refractivity contribution < 1.29 is 9.59 Å². The molecule has 2 heterocycles. The average molecular weight is 461 g/mol. The monoisotopic (exact) mass is 460 g/mol. The minimum absolute atomic E-state index is 0.121. The van der Waals surface area contributed by atoms with Gasteiger partial charge in [0, 0.05) is 23.7 Å². The van der Waals surface area contributed by atoms with Crippen LogP contribution in [-0.4, -0.2) is 39.9 Å². The number of benzene rings is 2. The molecule has 0 aliphatic carbocycles. The number of fused-ring (bicyclic) bond motifs is 1. The number of hydrogen-bond donors (Lipinski definition) is 1. The Hall–Kier alpha value is -3.78. The molecule has 0 saturated carbocycles. The highest BCUT2D eigenvalue weighted by molar-refractivity contribution is 7.17. The number of carbonyl (C=O) groups is 2. The maximum absolute atomic E-state index is 13.2. The van der Waals surface area contributed by atoms with E-state index in [-0.39, 0.29) is 30.5 Å². The molecule has 4 rings (SSSR count). The Balaban J connectivity index is 1.49. The third-order valence-corrected chi connectivity index (χ3v) is 6.26. The number of likely N-dealkylation sites (N-methyl/N-ethyl adjacent to an activating group) is 1. The summed E-state index contributed by atoms with van der Waals surface area (Å²) >= 11 is 1.40. The smallest absolute Gasteiger partial charge is 0.263 e. The molecule has 168 valence electrons. The number of thiophene rings is 1. The van der Waals surface area contributed by atoms with E-state index in [0.29, 0.717) is 15.9 Å². The number of nitrogens with one attached hydrogen (secondary N) is 1. The molecule has 0 aliphatic rings. The molecule has 7 nitrogen and oxygen atoms in total. The molecule has 2 aromatic heterocycles. The minimum Gasteiger partial charge on any atom is -0.335 e. The Morgan fingerprint density at radius 3 is 2.33 bits per heavy atom. The predicted molar refractivity (Wildman–Crippen MR) is 131 cm³/mol. The second-order valence-corrected chi connectivity index (χ2v) is 8.90. The fourth-order valence-electron chi connectivity index (χ4n) is 3.43. The van der Waals surface area contributed by atoms with Gasteiger partial charge >= 0.3 is 0 Å². The van der Waals surface area contributed by atoms with E-state index in [2.05, 4.69) is 10.3 Å². The van der Waals surface area contributed by atoms with Crippen LogP contribution in [-0.2, 0) is 16.1 Å². The van der Waals surface area contributed by atoms with Gasteiger partial charge in [0.15, 0.2) is 0 Å². The van der Waals surface area contributed by atoms with Gasteiger partial charge in [0.2, 0.25) is 11.8 Å². The van der Waals surface area contributed by atoms with Crippen molar-refractivity contribution in [3.05, 3.63) is 81.7 Å². The van der Waals surface area contributed by atoms with E-state index >= 15 is 0 Å². The summed E-state index contributed by atoms with van der Waals surface area (Å²) in [5, 5.41) is 5.18. The third-order valence-electron chi connectivity index (χ3n) is 5.37. The molecule has 8 heteroatoms. The second kappa shape index (κ2) is 9.38. The highest BCUT2D eigenvalue weighted by Gasteiger charge is 2.18. The first-order valence-electron chi connectivity index (χ1n) is 10.5. The summed E-state index contributed by atoms with van der Waals surface area (Å²) in [6.07, 6.45) is 1.39. The fraction of sp³-hybridized carbons (Fsp3) is 0.200. The molecular formula is C25H24N4O3S. The molecule has 1 N–H and O–H groups in total. The summed E-state index contributed by atoms with van der Waals surface area (Å²) in [6.45, 7) is 3.66. The van der Waals surface area contributed by atoms with Crippen LogP contribution >= 0.6 is 11.3 Å². The molecule has 0 spiro atoms. The lowest BCUT2D eigenvalue weighted by Gasteiger charge is -2.17. The Morgan fingerprint density at radius 1 is 1.03 bits per heavy atom. The molecule has 33 heavy (non-hydrogen) atoms. The van der Waals surface area contributed by atoms with E-state index in [1.165, 1.54) is 34.2 Å². The topological polar surface area (TPSA) is 84.3 Å². The van der Waals surface area contributed by atoms with Crippen molar-refractivity contribution in [1.29, 1.82) is 0 Å². The first-order chi connectivity index (χ1) is 15.8. The van der Waals surface area contributed by atoms with Crippen molar-refractivity contribution in [2.75, 3.05) is 18.9 Å². The zero-order valence-electron chi connectivity index (χ0n) is 18.7. The normalized spacial score (nSPS) is 10.9. The van der Waals surface area contributed by atoms with Crippen LogP contribution in [0.2, 0.25) is 0 Å².